The third kappa shape index (κ3) is 3.59. The maximum atomic E-state index is 13.9. The minimum Gasteiger partial charge on any atom is -0.472 e. The van der Waals surface area contributed by atoms with Crippen LogP contribution in [0.1, 0.15) is 32.1 Å². The summed E-state index contributed by atoms with van der Waals surface area (Å²) in [4.78, 5) is 20.1. The molecule has 0 aromatic carbocycles. The highest BCUT2D eigenvalue weighted by atomic mass is 35.5. The van der Waals surface area contributed by atoms with Gasteiger partial charge >= 0.3 is 0 Å². The lowest BCUT2D eigenvalue weighted by Gasteiger charge is -2.40. The first-order chi connectivity index (χ1) is 14.4. The Balaban J connectivity index is 1.28. The zero-order valence-electron chi connectivity index (χ0n) is 16.2. The molecule has 0 spiro atoms. The molecule has 0 aliphatic carbocycles. The van der Waals surface area contributed by atoms with Crippen LogP contribution in [-0.2, 0) is 0 Å². The fraction of sp³-hybridized carbons (Fsp3) is 0.550. The van der Waals surface area contributed by atoms with Crippen LogP contribution in [-0.4, -0.2) is 52.4 Å². The molecular weight excluding hydrogens is 416 g/mol. The molecule has 3 atom stereocenters. The van der Waals surface area contributed by atoms with Crippen molar-refractivity contribution < 1.29 is 13.5 Å². The van der Waals surface area contributed by atoms with Crippen molar-refractivity contribution in [3.8, 4) is 5.88 Å². The van der Waals surface area contributed by atoms with Gasteiger partial charge in [0.15, 0.2) is 0 Å². The van der Waals surface area contributed by atoms with Gasteiger partial charge in [-0.25, -0.2) is 18.9 Å². The van der Waals surface area contributed by atoms with Crippen molar-refractivity contribution in [2.24, 2.45) is 0 Å². The van der Waals surface area contributed by atoms with Crippen LogP contribution in [0, 0.1) is 0 Å². The van der Waals surface area contributed by atoms with E-state index in [0.29, 0.717) is 24.7 Å². The van der Waals surface area contributed by atoms with Crippen molar-refractivity contribution in [1.82, 2.24) is 15.2 Å². The molecule has 3 fully saturated rings. The lowest BCUT2D eigenvalue weighted by molar-refractivity contribution is -0.0357. The number of hydrogen-bond acceptors (Lipinski definition) is 6. The largest absolute Gasteiger partial charge is 0.472 e. The zero-order chi connectivity index (χ0) is 20.9. The Morgan fingerprint density at radius 1 is 1.23 bits per heavy atom. The van der Waals surface area contributed by atoms with Crippen molar-refractivity contribution in [3.05, 3.63) is 39.9 Å². The van der Waals surface area contributed by atoms with Crippen molar-refractivity contribution in [2.45, 2.75) is 56.2 Å². The van der Waals surface area contributed by atoms with Crippen LogP contribution in [0.25, 0.3) is 0 Å². The maximum absolute atomic E-state index is 13.9. The van der Waals surface area contributed by atoms with E-state index in [1.54, 1.807) is 6.20 Å². The topological polar surface area (TPSA) is 74.3 Å². The average Bonchev–Trinajstić information content (AvgIpc) is 3.27. The highest BCUT2D eigenvalue weighted by Crippen LogP contribution is 2.46. The highest BCUT2D eigenvalue weighted by molar-refractivity contribution is 6.33. The third-order valence-corrected chi connectivity index (χ3v) is 6.62. The lowest BCUT2D eigenvalue weighted by atomic mass is 9.98. The fourth-order valence-electron chi connectivity index (χ4n) is 4.99. The van der Waals surface area contributed by atoms with Crippen LogP contribution >= 0.6 is 11.6 Å². The summed E-state index contributed by atoms with van der Waals surface area (Å²) in [5.41, 5.74) is 1.05. The summed E-state index contributed by atoms with van der Waals surface area (Å²) >= 11 is 6.10. The molecule has 0 radical (unpaired) electrons. The Hall–Kier alpha value is -2.42. The zero-order valence-corrected chi connectivity index (χ0v) is 17.0. The number of aromatic amines is 1. The van der Waals surface area contributed by atoms with E-state index >= 15 is 0 Å². The molecule has 160 valence electrons. The van der Waals surface area contributed by atoms with Crippen LogP contribution in [0.2, 0.25) is 5.02 Å². The molecule has 0 unspecified atom stereocenters. The molecule has 3 aliphatic heterocycles. The van der Waals surface area contributed by atoms with Crippen LogP contribution in [0.4, 0.5) is 20.2 Å². The van der Waals surface area contributed by atoms with Gasteiger partial charge in [0.2, 0.25) is 5.88 Å². The Bertz CT molecular complexity index is 987. The first kappa shape index (κ1) is 19.5. The van der Waals surface area contributed by atoms with E-state index in [0.717, 1.165) is 24.9 Å². The second-order valence-corrected chi connectivity index (χ2v) is 8.66. The summed E-state index contributed by atoms with van der Waals surface area (Å²) in [6.45, 7) is 1.23. The number of pyridine rings is 1. The van der Waals surface area contributed by atoms with Gasteiger partial charge in [0.25, 0.3) is 11.5 Å². The van der Waals surface area contributed by atoms with Crippen molar-refractivity contribution in [1.29, 1.82) is 0 Å². The number of aromatic nitrogens is 3. The van der Waals surface area contributed by atoms with E-state index in [4.69, 9.17) is 16.3 Å². The van der Waals surface area contributed by atoms with Crippen LogP contribution in [0.5, 0.6) is 5.88 Å². The lowest BCUT2D eigenvalue weighted by Crippen LogP contribution is -2.47. The van der Waals surface area contributed by atoms with E-state index < -0.39 is 11.5 Å². The number of halogens is 3. The highest BCUT2D eigenvalue weighted by Gasteiger charge is 2.49. The Kier molecular flexibility index (Phi) is 4.80. The summed E-state index contributed by atoms with van der Waals surface area (Å²) in [6, 6.07) is 3.44. The molecule has 5 rings (SSSR count). The average molecular weight is 438 g/mol. The number of H-pyrrole nitrogens is 1. The summed E-state index contributed by atoms with van der Waals surface area (Å²) in [5, 5.41) is 6.24. The maximum Gasteiger partial charge on any atom is 0.285 e. The minimum atomic E-state index is -2.57. The molecule has 1 N–H and O–H groups in total. The molecule has 3 aliphatic rings. The number of fused-ring (bicyclic) bond motifs is 2. The SMILES string of the molecule is O=c1[nH]ncc(N2CC[C@@H](Oc3cc(N4[C@@H]5CC[C@H]4CC(F)(F)C5)ccn3)C2)c1Cl. The standard InChI is InChI=1S/C20H22ClF2N5O2/c21-18-16(10-25-26-19(18)29)27-6-4-15(11-27)30-17-7-12(3-5-24-17)28-13-1-2-14(28)9-20(22,23)8-13/h3,5,7,10,13-15H,1-2,4,6,8-9,11H2,(H,26,29)/t13-,14+,15-/m1/s1. The van der Waals surface area contributed by atoms with Gasteiger partial charge in [-0.2, -0.15) is 5.10 Å². The third-order valence-electron chi connectivity index (χ3n) is 6.26. The molecule has 0 amide bonds. The molecule has 5 heterocycles. The number of nitrogens with one attached hydrogen (secondary N) is 1. The van der Waals surface area contributed by atoms with E-state index in [2.05, 4.69) is 20.1 Å². The Morgan fingerprint density at radius 3 is 2.77 bits per heavy atom. The molecule has 3 saturated heterocycles. The van der Waals surface area contributed by atoms with Crippen LogP contribution in [0.3, 0.4) is 0 Å². The number of hydrogen-bond donors (Lipinski definition) is 1. The second kappa shape index (κ2) is 7.37. The van der Waals surface area contributed by atoms with Gasteiger partial charge in [-0.05, 0) is 18.9 Å². The number of anilines is 2. The fourth-order valence-corrected chi connectivity index (χ4v) is 5.20. The first-order valence-corrected chi connectivity index (χ1v) is 10.5. The number of nitrogens with zero attached hydrogens (tertiary/aromatic N) is 4. The number of piperidine rings is 1. The molecule has 2 aromatic rings. The number of alkyl halides is 2. The van der Waals surface area contributed by atoms with Crippen molar-refractivity contribution in [2.75, 3.05) is 22.9 Å². The normalized spacial score (nSPS) is 27.5. The minimum absolute atomic E-state index is 0.0927. The Morgan fingerprint density at radius 2 is 2.00 bits per heavy atom. The molecule has 30 heavy (non-hydrogen) atoms. The summed E-state index contributed by atoms with van der Waals surface area (Å²) in [7, 11) is 0. The molecule has 10 heteroatoms. The first-order valence-electron chi connectivity index (χ1n) is 10.2. The smallest absolute Gasteiger partial charge is 0.285 e. The van der Waals surface area contributed by atoms with Gasteiger partial charge < -0.3 is 14.5 Å². The summed E-state index contributed by atoms with van der Waals surface area (Å²) in [6.07, 6.45) is 5.23. The summed E-state index contributed by atoms with van der Waals surface area (Å²) in [5.74, 6) is -2.09. The molecular formula is C20H22ClF2N5O2. The monoisotopic (exact) mass is 437 g/mol. The Labute approximate surface area is 177 Å². The van der Waals surface area contributed by atoms with E-state index in [9.17, 15) is 13.6 Å². The van der Waals surface area contributed by atoms with Crippen molar-refractivity contribution in [3.63, 3.8) is 0 Å². The van der Waals surface area contributed by atoms with Crippen molar-refractivity contribution >= 4 is 23.0 Å². The van der Waals surface area contributed by atoms with Gasteiger partial charge in [-0.1, -0.05) is 11.6 Å². The summed E-state index contributed by atoms with van der Waals surface area (Å²) < 4.78 is 33.9. The molecule has 0 saturated carbocycles. The van der Waals surface area contributed by atoms with E-state index in [1.165, 1.54) is 6.20 Å². The van der Waals surface area contributed by atoms with Gasteiger partial charge in [-0.15, -0.1) is 0 Å². The molecule has 7 nitrogen and oxygen atoms in total. The van der Waals surface area contributed by atoms with Gasteiger partial charge in [0, 0.05) is 55.8 Å². The van der Waals surface area contributed by atoms with Crippen LogP contribution in [0.15, 0.2) is 29.3 Å². The number of rotatable bonds is 4. The van der Waals surface area contributed by atoms with Crippen LogP contribution < -0.4 is 20.1 Å². The van der Waals surface area contributed by atoms with E-state index in [-0.39, 0.29) is 36.1 Å². The molecule has 2 bridgehead atoms. The van der Waals surface area contributed by atoms with Gasteiger partial charge in [0.1, 0.15) is 11.1 Å². The van der Waals surface area contributed by atoms with E-state index in [1.807, 2.05) is 17.0 Å². The number of ether oxygens (including phenoxy) is 1. The molecule has 2 aromatic heterocycles. The second-order valence-electron chi connectivity index (χ2n) is 8.28. The predicted octanol–water partition coefficient (Wildman–Crippen LogP) is 3.24. The van der Waals surface area contributed by atoms with Gasteiger partial charge in [-0.3, -0.25) is 4.79 Å². The quantitative estimate of drug-likeness (QED) is 0.791. The predicted molar refractivity (Wildman–Crippen MR) is 109 cm³/mol. The van der Waals surface area contributed by atoms with Gasteiger partial charge in [0.05, 0.1) is 18.4 Å².